The van der Waals surface area contributed by atoms with Crippen molar-refractivity contribution >= 4 is 17.5 Å². The van der Waals surface area contributed by atoms with Gasteiger partial charge in [-0.1, -0.05) is 83.5 Å². The third kappa shape index (κ3) is 4.34. The summed E-state index contributed by atoms with van der Waals surface area (Å²) in [5.74, 6) is 0.650. The Bertz CT molecular complexity index is 1630. The summed E-state index contributed by atoms with van der Waals surface area (Å²) >= 11 is 0. The Kier molecular flexibility index (Phi) is 5.80. The van der Waals surface area contributed by atoms with Gasteiger partial charge in [0.2, 0.25) is 0 Å². The van der Waals surface area contributed by atoms with Gasteiger partial charge in [0.15, 0.2) is 5.76 Å². The number of anilines is 2. The Morgan fingerprint density at radius 1 is 0.842 bits per heavy atom. The highest BCUT2D eigenvalue weighted by atomic mass is 16.5. The largest absolute Gasteiger partial charge is 0.481 e. The van der Waals surface area contributed by atoms with Crippen molar-refractivity contribution in [2.24, 2.45) is 0 Å². The molecular formula is C32H27N3O3. The van der Waals surface area contributed by atoms with Crippen LogP contribution >= 0.6 is 0 Å². The summed E-state index contributed by atoms with van der Waals surface area (Å²) in [6, 6.07) is 30.2. The lowest BCUT2D eigenvalue weighted by atomic mass is 9.93. The van der Waals surface area contributed by atoms with E-state index < -0.39 is 11.4 Å². The molecule has 1 aliphatic carbocycles. The summed E-state index contributed by atoms with van der Waals surface area (Å²) in [5, 5.41) is 17.3. The first-order valence-corrected chi connectivity index (χ1v) is 12.7. The molecule has 0 radical (unpaired) electrons. The number of pyridine rings is 1. The van der Waals surface area contributed by atoms with Crippen molar-refractivity contribution in [3.63, 3.8) is 0 Å². The molecule has 0 bridgehead atoms. The zero-order chi connectivity index (χ0) is 26.3. The van der Waals surface area contributed by atoms with Gasteiger partial charge in [-0.3, -0.25) is 4.79 Å². The van der Waals surface area contributed by atoms with Gasteiger partial charge in [-0.15, -0.1) is 0 Å². The van der Waals surface area contributed by atoms with Crippen molar-refractivity contribution < 1.29 is 14.4 Å². The molecule has 2 N–H and O–H groups in total. The van der Waals surface area contributed by atoms with E-state index in [1.165, 1.54) is 5.56 Å². The van der Waals surface area contributed by atoms with Gasteiger partial charge >= 0.3 is 5.97 Å². The topological polar surface area (TPSA) is 88.2 Å². The Morgan fingerprint density at radius 2 is 1.50 bits per heavy atom. The monoisotopic (exact) mass is 501 g/mol. The van der Waals surface area contributed by atoms with Crippen LogP contribution in [0, 0.1) is 13.8 Å². The van der Waals surface area contributed by atoms with Crippen LogP contribution in [-0.2, 0) is 10.2 Å². The molecule has 38 heavy (non-hydrogen) atoms. The molecule has 0 atom stereocenters. The normalized spacial score (nSPS) is 13.7. The average Bonchev–Trinajstić information content (AvgIpc) is 3.68. The van der Waals surface area contributed by atoms with Crippen LogP contribution in [0.3, 0.4) is 0 Å². The van der Waals surface area contributed by atoms with Crippen molar-refractivity contribution in [3.8, 4) is 33.6 Å². The number of carboxylic acid groups (broad SMARTS) is 1. The lowest BCUT2D eigenvalue weighted by Gasteiger charge is -2.11. The highest BCUT2D eigenvalue weighted by Crippen LogP contribution is 2.48. The molecule has 6 nitrogen and oxygen atoms in total. The van der Waals surface area contributed by atoms with Gasteiger partial charge in [0.05, 0.1) is 11.1 Å². The van der Waals surface area contributed by atoms with Gasteiger partial charge in [-0.05, 0) is 61.6 Å². The van der Waals surface area contributed by atoms with Gasteiger partial charge in [0, 0.05) is 11.1 Å². The number of benzene rings is 3. The van der Waals surface area contributed by atoms with E-state index in [-0.39, 0.29) is 0 Å². The number of rotatable bonds is 7. The van der Waals surface area contributed by atoms with Crippen LogP contribution in [0.15, 0.2) is 95.5 Å². The van der Waals surface area contributed by atoms with E-state index in [4.69, 9.17) is 9.51 Å². The number of aromatic nitrogens is 2. The minimum Gasteiger partial charge on any atom is -0.481 e. The standard InChI is InChI=1S/C32H27N3O3/c1-20-5-3-6-25(19-20)27-7-4-8-28(33-27)34-29-21(2)38-35-30(29)24-11-9-22(10-12-24)23-13-15-26(16-14-23)32(17-18-32)31(36)37/h3-16,19H,17-18H2,1-2H3,(H,33,34)(H,36,37). The molecule has 3 aromatic carbocycles. The van der Waals surface area contributed by atoms with Gasteiger partial charge < -0.3 is 14.9 Å². The molecule has 1 saturated carbocycles. The Hall–Kier alpha value is -4.71. The zero-order valence-corrected chi connectivity index (χ0v) is 21.2. The fraction of sp³-hybridized carbons (Fsp3) is 0.156. The molecule has 0 saturated heterocycles. The predicted molar refractivity (Wildman–Crippen MR) is 148 cm³/mol. The summed E-state index contributed by atoms with van der Waals surface area (Å²) in [4.78, 5) is 16.4. The van der Waals surface area contributed by atoms with Gasteiger partial charge in [0.25, 0.3) is 0 Å². The summed E-state index contributed by atoms with van der Waals surface area (Å²) in [6.45, 7) is 3.95. The highest BCUT2D eigenvalue weighted by molar-refractivity contribution is 5.85. The second-order valence-electron chi connectivity index (χ2n) is 9.91. The van der Waals surface area contributed by atoms with Crippen LogP contribution in [0.25, 0.3) is 33.6 Å². The fourth-order valence-electron chi connectivity index (χ4n) is 4.87. The van der Waals surface area contributed by atoms with Gasteiger partial charge in [0.1, 0.15) is 17.2 Å². The van der Waals surface area contributed by atoms with Crippen molar-refractivity contribution in [2.75, 3.05) is 5.32 Å². The molecule has 0 aliphatic heterocycles. The maximum Gasteiger partial charge on any atom is 0.314 e. The fourth-order valence-corrected chi connectivity index (χ4v) is 4.87. The Morgan fingerprint density at radius 3 is 2.16 bits per heavy atom. The first-order valence-electron chi connectivity index (χ1n) is 12.7. The third-order valence-corrected chi connectivity index (χ3v) is 7.27. The van der Waals surface area contributed by atoms with Gasteiger partial charge in [-0.25, -0.2) is 4.98 Å². The van der Waals surface area contributed by atoms with Crippen LogP contribution in [0.5, 0.6) is 0 Å². The minimum atomic E-state index is -0.737. The predicted octanol–water partition coefficient (Wildman–Crippen LogP) is 7.55. The first-order chi connectivity index (χ1) is 18.4. The minimum absolute atomic E-state index is 0.676. The number of nitrogens with one attached hydrogen (secondary N) is 1. The molecule has 6 rings (SSSR count). The van der Waals surface area contributed by atoms with Crippen molar-refractivity contribution in [3.05, 3.63) is 108 Å². The van der Waals surface area contributed by atoms with Crippen LogP contribution in [-0.4, -0.2) is 21.2 Å². The van der Waals surface area contributed by atoms with E-state index >= 15 is 0 Å². The molecule has 188 valence electrons. The smallest absolute Gasteiger partial charge is 0.314 e. The quantitative estimate of drug-likeness (QED) is 0.239. The van der Waals surface area contributed by atoms with Gasteiger partial charge in [-0.2, -0.15) is 0 Å². The lowest BCUT2D eigenvalue weighted by Crippen LogP contribution is -2.19. The van der Waals surface area contributed by atoms with E-state index in [2.05, 4.69) is 35.6 Å². The highest BCUT2D eigenvalue weighted by Gasteiger charge is 2.51. The SMILES string of the molecule is Cc1cccc(-c2cccc(Nc3c(-c4ccc(-c5ccc(C6(C(=O)O)CC6)cc5)cc4)noc3C)n2)c1. The average molecular weight is 502 g/mol. The Balaban J connectivity index is 1.24. The summed E-state index contributed by atoms with van der Waals surface area (Å²) in [7, 11) is 0. The van der Waals surface area contributed by atoms with E-state index in [9.17, 15) is 9.90 Å². The molecule has 2 aromatic heterocycles. The molecule has 0 amide bonds. The van der Waals surface area contributed by atoms with E-state index in [1.54, 1.807) is 0 Å². The second-order valence-corrected chi connectivity index (χ2v) is 9.91. The summed E-state index contributed by atoms with van der Waals surface area (Å²) in [6.07, 6.45) is 1.41. The van der Waals surface area contributed by atoms with Crippen molar-refractivity contribution in [2.45, 2.75) is 32.1 Å². The zero-order valence-electron chi connectivity index (χ0n) is 21.2. The van der Waals surface area contributed by atoms with Crippen molar-refractivity contribution in [1.82, 2.24) is 10.1 Å². The first kappa shape index (κ1) is 23.7. The van der Waals surface area contributed by atoms with Crippen molar-refractivity contribution in [1.29, 1.82) is 0 Å². The molecule has 2 heterocycles. The molecule has 0 unspecified atom stereocenters. The molecule has 0 spiro atoms. The number of hydrogen-bond acceptors (Lipinski definition) is 5. The number of carbonyl (C=O) groups is 1. The maximum absolute atomic E-state index is 11.6. The third-order valence-electron chi connectivity index (χ3n) is 7.27. The van der Waals surface area contributed by atoms with E-state index in [0.29, 0.717) is 30.1 Å². The molecular weight excluding hydrogens is 474 g/mol. The number of aliphatic carboxylic acids is 1. The number of nitrogens with zero attached hydrogens (tertiary/aromatic N) is 2. The van der Waals surface area contributed by atoms with Crippen LogP contribution in [0.1, 0.15) is 29.7 Å². The number of aryl methyl sites for hydroxylation is 2. The van der Waals surface area contributed by atoms with Crippen LogP contribution in [0.4, 0.5) is 11.5 Å². The number of hydrogen-bond donors (Lipinski definition) is 2. The Labute approximate surface area is 221 Å². The second kappa shape index (κ2) is 9.30. The molecule has 1 fully saturated rings. The summed E-state index contributed by atoms with van der Waals surface area (Å²) in [5.41, 5.74) is 7.81. The number of carboxylic acids is 1. The molecule has 6 heteroatoms. The van der Waals surface area contributed by atoms with Crippen LogP contribution in [0.2, 0.25) is 0 Å². The van der Waals surface area contributed by atoms with Crippen LogP contribution < -0.4 is 5.32 Å². The van der Waals surface area contributed by atoms with E-state index in [1.807, 2.05) is 79.7 Å². The molecule has 1 aliphatic rings. The maximum atomic E-state index is 11.6. The summed E-state index contributed by atoms with van der Waals surface area (Å²) < 4.78 is 5.55. The van der Waals surface area contributed by atoms with E-state index in [0.717, 1.165) is 39.2 Å². The lowest BCUT2D eigenvalue weighted by molar-refractivity contribution is -0.140. The molecule has 5 aromatic rings.